The van der Waals surface area contributed by atoms with Gasteiger partial charge in [0, 0.05) is 43.5 Å². The van der Waals surface area contributed by atoms with Crippen molar-refractivity contribution in [1.82, 2.24) is 19.8 Å². The molecule has 0 spiro atoms. The van der Waals surface area contributed by atoms with Gasteiger partial charge < -0.3 is 19.2 Å². The van der Waals surface area contributed by atoms with Crippen LogP contribution in [0.15, 0.2) is 23.2 Å². The van der Waals surface area contributed by atoms with Crippen molar-refractivity contribution in [3.63, 3.8) is 0 Å². The molecule has 0 radical (unpaired) electrons. The number of imidazole rings is 1. The van der Waals surface area contributed by atoms with Gasteiger partial charge in [0.1, 0.15) is 0 Å². The number of aryl methyl sites for hydroxylation is 2. The number of rotatable bonds is 3. The lowest BCUT2D eigenvalue weighted by molar-refractivity contribution is 0.0906. The normalized spacial score (nSPS) is 24.1. The third-order valence-electron chi connectivity index (χ3n) is 5.11. The average molecular weight is 314 g/mol. The Morgan fingerprint density at radius 1 is 1.35 bits per heavy atom. The number of hydrogen-bond donors (Lipinski definition) is 1. The van der Waals surface area contributed by atoms with Crippen molar-refractivity contribution in [2.45, 2.75) is 31.2 Å². The minimum atomic E-state index is -0.0828. The SMILES string of the molecule is CN1C[C@@H](NC(=O)c2occ3c2CCC3)[C@H](c2cncn2C)C1. The summed E-state index contributed by atoms with van der Waals surface area (Å²) in [5.74, 6) is 0.677. The number of hydrogen-bond acceptors (Lipinski definition) is 4. The number of carbonyl (C=O) groups excluding carboxylic acids is 1. The average Bonchev–Trinajstić information content (AvgIpc) is 3.22. The van der Waals surface area contributed by atoms with E-state index in [1.54, 1.807) is 6.26 Å². The predicted octanol–water partition coefficient (Wildman–Crippen LogP) is 1.33. The van der Waals surface area contributed by atoms with E-state index in [1.165, 1.54) is 5.56 Å². The molecule has 2 aliphatic rings. The number of furan rings is 1. The van der Waals surface area contributed by atoms with Gasteiger partial charge in [0.2, 0.25) is 0 Å². The summed E-state index contributed by atoms with van der Waals surface area (Å²) in [6.07, 6.45) is 8.54. The first kappa shape index (κ1) is 14.5. The molecule has 1 saturated heterocycles. The van der Waals surface area contributed by atoms with Gasteiger partial charge in [-0.15, -0.1) is 0 Å². The van der Waals surface area contributed by atoms with Crippen LogP contribution in [-0.4, -0.2) is 46.5 Å². The molecule has 6 nitrogen and oxygen atoms in total. The summed E-state index contributed by atoms with van der Waals surface area (Å²) in [5, 5.41) is 3.19. The number of likely N-dealkylation sites (N-methyl/N-ethyl adjacent to an activating group) is 1. The quantitative estimate of drug-likeness (QED) is 0.928. The van der Waals surface area contributed by atoms with Gasteiger partial charge in [-0.2, -0.15) is 0 Å². The third kappa shape index (κ3) is 2.47. The van der Waals surface area contributed by atoms with Crippen LogP contribution in [0.25, 0.3) is 0 Å². The van der Waals surface area contributed by atoms with Gasteiger partial charge in [0.25, 0.3) is 5.91 Å². The Kier molecular flexibility index (Phi) is 3.49. The largest absolute Gasteiger partial charge is 0.459 e. The van der Waals surface area contributed by atoms with Crippen molar-refractivity contribution in [3.8, 4) is 0 Å². The number of nitrogens with one attached hydrogen (secondary N) is 1. The number of likely N-dealkylation sites (tertiary alicyclic amines) is 1. The summed E-state index contributed by atoms with van der Waals surface area (Å²) in [7, 11) is 4.08. The molecule has 3 heterocycles. The van der Waals surface area contributed by atoms with Crippen LogP contribution in [0.1, 0.15) is 39.7 Å². The number of fused-ring (bicyclic) bond motifs is 1. The molecule has 2 atom stereocenters. The van der Waals surface area contributed by atoms with Crippen molar-refractivity contribution in [2.24, 2.45) is 7.05 Å². The lowest BCUT2D eigenvalue weighted by Gasteiger charge is -2.20. The third-order valence-corrected chi connectivity index (χ3v) is 5.11. The topological polar surface area (TPSA) is 63.3 Å². The van der Waals surface area contributed by atoms with Gasteiger partial charge in [0.05, 0.1) is 18.6 Å². The zero-order valence-electron chi connectivity index (χ0n) is 13.6. The molecule has 23 heavy (non-hydrogen) atoms. The molecule has 0 saturated carbocycles. The van der Waals surface area contributed by atoms with E-state index in [9.17, 15) is 4.79 Å². The smallest absolute Gasteiger partial charge is 0.287 e. The molecule has 2 aromatic rings. The summed E-state index contributed by atoms with van der Waals surface area (Å²) in [5.41, 5.74) is 3.46. The molecule has 6 heteroatoms. The molecule has 1 aliphatic carbocycles. The van der Waals surface area contributed by atoms with E-state index in [4.69, 9.17) is 4.42 Å². The summed E-state index contributed by atoms with van der Waals surface area (Å²) in [4.78, 5) is 19.1. The van der Waals surface area contributed by atoms with Gasteiger partial charge in [0.15, 0.2) is 5.76 Å². The van der Waals surface area contributed by atoms with Gasteiger partial charge in [-0.25, -0.2) is 4.98 Å². The van der Waals surface area contributed by atoms with Crippen molar-refractivity contribution in [1.29, 1.82) is 0 Å². The van der Waals surface area contributed by atoms with Crippen molar-refractivity contribution >= 4 is 5.91 Å². The molecule has 1 amide bonds. The minimum Gasteiger partial charge on any atom is -0.459 e. The Bertz CT molecular complexity index is 733. The fraction of sp³-hybridized carbons (Fsp3) is 0.529. The van der Waals surface area contributed by atoms with E-state index < -0.39 is 0 Å². The summed E-state index contributed by atoms with van der Waals surface area (Å²) < 4.78 is 7.58. The Morgan fingerprint density at radius 3 is 3.00 bits per heavy atom. The van der Waals surface area contributed by atoms with Crippen molar-refractivity contribution in [3.05, 3.63) is 41.4 Å². The summed E-state index contributed by atoms with van der Waals surface area (Å²) in [6.45, 7) is 1.76. The van der Waals surface area contributed by atoms with E-state index in [-0.39, 0.29) is 17.9 Å². The van der Waals surface area contributed by atoms with Crippen molar-refractivity contribution < 1.29 is 9.21 Å². The second-order valence-corrected chi connectivity index (χ2v) is 6.76. The van der Waals surface area contributed by atoms with Crippen molar-refractivity contribution in [2.75, 3.05) is 20.1 Å². The van der Waals surface area contributed by atoms with E-state index in [1.807, 2.05) is 24.1 Å². The van der Waals surface area contributed by atoms with Crippen LogP contribution in [0.2, 0.25) is 0 Å². The van der Waals surface area contributed by atoms with Crippen LogP contribution in [-0.2, 0) is 19.9 Å². The fourth-order valence-electron chi connectivity index (χ4n) is 3.95. The van der Waals surface area contributed by atoms with E-state index in [0.717, 1.165) is 43.6 Å². The van der Waals surface area contributed by atoms with Gasteiger partial charge in [-0.1, -0.05) is 0 Å². The highest BCUT2D eigenvalue weighted by Crippen LogP contribution is 2.29. The first-order valence-electron chi connectivity index (χ1n) is 8.18. The molecule has 1 fully saturated rings. The highest BCUT2D eigenvalue weighted by molar-refractivity contribution is 5.93. The number of amides is 1. The summed E-state index contributed by atoms with van der Waals surface area (Å²) >= 11 is 0. The van der Waals surface area contributed by atoms with Gasteiger partial charge in [-0.05, 0) is 31.9 Å². The zero-order chi connectivity index (χ0) is 16.0. The molecular weight excluding hydrogens is 292 g/mol. The molecule has 1 aliphatic heterocycles. The Morgan fingerprint density at radius 2 is 2.22 bits per heavy atom. The van der Waals surface area contributed by atoms with Crippen LogP contribution >= 0.6 is 0 Å². The molecule has 1 N–H and O–H groups in total. The lowest BCUT2D eigenvalue weighted by Crippen LogP contribution is -2.40. The second-order valence-electron chi connectivity index (χ2n) is 6.76. The van der Waals surface area contributed by atoms with E-state index in [0.29, 0.717) is 5.76 Å². The van der Waals surface area contributed by atoms with E-state index >= 15 is 0 Å². The maximum absolute atomic E-state index is 12.7. The van der Waals surface area contributed by atoms with Crippen LogP contribution in [0, 0.1) is 0 Å². The Balaban J connectivity index is 1.55. The molecule has 4 rings (SSSR count). The molecule has 0 bridgehead atoms. The number of carbonyl (C=O) groups is 1. The molecule has 0 aromatic carbocycles. The Labute approximate surface area is 135 Å². The molecular formula is C17H22N4O2. The zero-order valence-corrected chi connectivity index (χ0v) is 13.6. The van der Waals surface area contributed by atoms with Gasteiger partial charge in [-0.3, -0.25) is 4.79 Å². The lowest BCUT2D eigenvalue weighted by atomic mass is 10.00. The number of aromatic nitrogens is 2. The van der Waals surface area contributed by atoms with Crippen LogP contribution < -0.4 is 5.32 Å². The van der Waals surface area contributed by atoms with E-state index in [2.05, 4.69) is 22.2 Å². The minimum absolute atomic E-state index is 0.0741. The maximum Gasteiger partial charge on any atom is 0.287 e. The fourth-order valence-corrected chi connectivity index (χ4v) is 3.95. The number of nitrogens with zero attached hydrogens (tertiary/aromatic N) is 3. The van der Waals surface area contributed by atoms with Crippen LogP contribution in [0.4, 0.5) is 0 Å². The summed E-state index contributed by atoms with van der Waals surface area (Å²) in [6, 6.07) is 0.0741. The van der Waals surface area contributed by atoms with Crippen LogP contribution in [0.3, 0.4) is 0 Å². The van der Waals surface area contributed by atoms with Crippen LogP contribution in [0.5, 0.6) is 0 Å². The highest BCUT2D eigenvalue weighted by Gasteiger charge is 2.36. The first-order chi connectivity index (χ1) is 11.1. The maximum atomic E-state index is 12.7. The molecule has 0 unspecified atom stereocenters. The molecule has 2 aromatic heterocycles. The van der Waals surface area contributed by atoms with Gasteiger partial charge >= 0.3 is 0 Å². The standard InChI is InChI=1S/C17H22N4O2/c1-20-7-13(15-6-18-10-21(15)2)14(8-20)19-17(22)16-12-5-3-4-11(12)9-23-16/h6,9-10,13-14H,3-5,7-8H2,1-2H3,(H,19,22)/t13-,14-/m1/s1. The Hall–Kier alpha value is -2.08. The highest BCUT2D eigenvalue weighted by atomic mass is 16.3. The molecule has 122 valence electrons. The first-order valence-corrected chi connectivity index (χ1v) is 8.18. The monoisotopic (exact) mass is 314 g/mol. The second kappa shape index (κ2) is 5.53. The predicted molar refractivity (Wildman–Crippen MR) is 85.4 cm³/mol.